The Morgan fingerprint density at radius 2 is 0.444 bits per heavy atom. The summed E-state index contributed by atoms with van der Waals surface area (Å²) in [6, 6.07) is 90.5. The van der Waals surface area contributed by atoms with Crippen LogP contribution in [-0.4, -0.2) is 0 Å². The summed E-state index contributed by atoms with van der Waals surface area (Å²) in [4.78, 5) is 4.61. The zero-order valence-corrected chi connectivity index (χ0v) is 34.6. The Labute approximate surface area is 368 Å². The maximum Gasteiger partial charge on any atom is 0.135 e. The average molecular weight is 807 g/mol. The maximum absolute atomic E-state index is 6.39. The molecule has 1 heterocycles. The van der Waals surface area contributed by atoms with E-state index in [1.807, 2.05) is 0 Å². The van der Waals surface area contributed by atoms with Gasteiger partial charge in [0.15, 0.2) is 0 Å². The first-order valence-corrected chi connectivity index (χ1v) is 21.4. The molecule has 0 N–H and O–H groups in total. The van der Waals surface area contributed by atoms with E-state index in [1.165, 1.54) is 22.3 Å². The molecule has 0 saturated heterocycles. The van der Waals surface area contributed by atoms with Gasteiger partial charge in [0.2, 0.25) is 0 Å². The Balaban J connectivity index is 0.884. The van der Waals surface area contributed by atoms with Gasteiger partial charge in [0.1, 0.15) is 11.2 Å². The van der Waals surface area contributed by atoms with Crippen molar-refractivity contribution in [2.75, 3.05) is 9.80 Å². The van der Waals surface area contributed by atoms with Crippen molar-refractivity contribution >= 4 is 56.1 Å². The summed E-state index contributed by atoms with van der Waals surface area (Å²) in [5.41, 5.74) is 17.8. The molecule has 298 valence electrons. The molecule has 10 aromatic carbocycles. The van der Waals surface area contributed by atoms with E-state index in [4.69, 9.17) is 4.42 Å². The Morgan fingerprint density at radius 3 is 0.762 bits per heavy atom. The normalized spacial score (nSPS) is 11.2. The van der Waals surface area contributed by atoms with Gasteiger partial charge in [-0.3, -0.25) is 0 Å². The second kappa shape index (κ2) is 16.6. The molecule has 1 aromatic heterocycles. The van der Waals surface area contributed by atoms with Crippen LogP contribution in [0.2, 0.25) is 0 Å². The van der Waals surface area contributed by atoms with E-state index in [0.717, 1.165) is 78.3 Å². The lowest BCUT2D eigenvalue weighted by Gasteiger charge is -2.26. The first-order valence-electron chi connectivity index (χ1n) is 21.4. The van der Waals surface area contributed by atoms with Crippen molar-refractivity contribution in [3.05, 3.63) is 255 Å². The first kappa shape index (κ1) is 37.6. The summed E-state index contributed by atoms with van der Waals surface area (Å²) < 4.78 is 6.39. The summed E-state index contributed by atoms with van der Waals surface area (Å²) >= 11 is 0. The highest BCUT2D eigenvalue weighted by Crippen LogP contribution is 2.40. The topological polar surface area (TPSA) is 19.6 Å². The second-order valence-corrected chi connectivity index (χ2v) is 15.8. The summed E-state index contributed by atoms with van der Waals surface area (Å²) in [5, 5.41) is 2.20. The molecule has 0 aliphatic carbocycles. The summed E-state index contributed by atoms with van der Waals surface area (Å²) in [5.74, 6) is 0. The van der Waals surface area contributed by atoms with E-state index in [1.54, 1.807) is 0 Å². The first-order chi connectivity index (χ1) is 31.2. The fourth-order valence-corrected chi connectivity index (χ4v) is 8.66. The molecule has 0 aliphatic rings. The van der Waals surface area contributed by atoms with Gasteiger partial charge in [0.25, 0.3) is 0 Å². The number of furan rings is 1. The molecule has 11 rings (SSSR count). The SMILES string of the molecule is c1ccc(-c2ccc(N(c3ccccc3)c3ccc(-c4ccc5oc6ccc(-c7ccc(N(c8ccccc8)c8ccc(-c9ccccc9)cc8)cc7)cc6c5c4)cc3)cc2)cc1. The highest BCUT2D eigenvalue weighted by atomic mass is 16.3. The lowest BCUT2D eigenvalue weighted by Crippen LogP contribution is -2.09. The molecule has 0 amide bonds. The van der Waals surface area contributed by atoms with E-state index in [0.29, 0.717) is 0 Å². The van der Waals surface area contributed by atoms with Crippen molar-refractivity contribution in [3.63, 3.8) is 0 Å². The third-order valence-electron chi connectivity index (χ3n) is 11.9. The zero-order chi connectivity index (χ0) is 42.0. The van der Waals surface area contributed by atoms with Gasteiger partial charge in [0.05, 0.1) is 0 Å². The average Bonchev–Trinajstić information content (AvgIpc) is 3.74. The van der Waals surface area contributed by atoms with Crippen molar-refractivity contribution in [1.82, 2.24) is 0 Å². The minimum atomic E-state index is 0.879. The smallest absolute Gasteiger partial charge is 0.135 e. The van der Waals surface area contributed by atoms with Crippen LogP contribution in [0.1, 0.15) is 0 Å². The molecule has 0 unspecified atom stereocenters. The predicted molar refractivity (Wildman–Crippen MR) is 265 cm³/mol. The number of hydrogen-bond acceptors (Lipinski definition) is 3. The van der Waals surface area contributed by atoms with Crippen molar-refractivity contribution in [2.45, 2.75) is 0 Å². The van der Waals surface area contributed by atoms with Crippen LogP contribution in [0.5, 0.6) is 0 Å². The van der Waals surface area contributed by atoms with Crippen LogP contribution in [0, 0.1) is 0 Å². The van der Waals surface area contributed by atoms with Crippen LogP contribution >= 0.6 is 0 Å². The molecule has 0 saturated carbocycles. The number of anilines is 6. The Hall–Kier alpha value is -8.40. The number of nitrogens with zero attached hydrogens (tertiary/aromatic N) is 2. The second-order valence-electron chi connectivity index (χ2n) is 15.8. The van der Waals surface area contributed by atoms with Gasteiger partial charge < -0.3 is 14.2 Å². The van der Waals surface area contributed by atoms with E-state index in [2.05, 4.69) is 265 Å². The number of fused-ring (bicyclic) bond motifs is 3. The molecule has 3 heteroatoms. The number of benzene rings is 10. The number of rotatable bonds is 10. The highest BCUT2D eigenvalue weighted by molar-refractivity contribution is 6.07. The van der Waals surface area contributed by atoms with Crippen molar-refractivity contribution in [2.24, 2.45) is 0 Å². The molecule has 0 fully saturated rings. The summed E-state index contributed by atoms with van der Waals surface area (Å²) in [6.45, 7) is 0. The van der Waals surface area contributed by atoms with E-state index >= 15 is 0 Å². The lowest BCUT2D eigenvalue weighted by molar-refractivity contribution is 0.669. The number of hydrogen-bond donors (Lipinski definition) is 0. The van der Waals surface area contributed by atoms with Gasteiger partial charge in [-0.2, -0.15) is 0 Å². The Morgan fingerprint density at radius 1 is 0.206 bits per heavy atom. The number of para-hydroxylation sites is 2. The fraction of sp³-hybridized carbons (Fsp3) is 0. The minimum absolute atomic E-state index is 0.879. The van der Waals surface area contributed by atoms with Crippen LogP contribution in [-0.2, 0) is 0 Å². The van der Waals surface area contributed by atoms with E-state index < -0.39 is 0 Å². The summed E-state index contributed by atoms with van der Waals surface area (Å²) in [7, 11) is 0. The molecule has 0 spiro atoms. The minimum Gasteiger partial charge on any atom is -0.456 e. The maximum atomic E-state index is 6.39. The molecule has 0 aliphatic heterocycles. The van der Waals surface area contributed by atoms with Crippen molar-refractivity contribution in [3.8, 4) is 44.5 Å². The monoisotopic (exact) mass is 806 g/mol. The molecule has 0 atom stereocenters. The van der Waals surface area contributed by atoms with Crippen LogP contribution in [0.3, 0.4) is 0 Å². The van der Waals surface area contributed by atoms with E-state index in [9.17, 15) is 0 Å². The van der Waals surface area contributed by atoms with Crippen molar-refractivity contribution in [1.29, 1.82) is 0 Å². The van der Waals surface area contributed by atoms with Gasteiger partial charge in [-0.15, -0.1) is 0 Å². The third kappa shape index (κ3) is 7.54. The van der Waals surface area contributed by atoms with Gasteiger partial charge >= 0.3 is 0 Å². The third-order valence-corrected chi connectivity index (χ3v) is 11.9. The molecular weight excluding hydrogens is 765 g/mol. The Kier molecular flexibility index (Phi) is 9.89. The van der Waals surface area contributed by atoms with Gasteiger partial charge in [-0.1, -0.05) is 158 Å². The van der Waals surface area contributed by atoms with Crippen LogP contribution < -0.4 is 9.80 Å². The molecule has 3 nitrogen and oxygen atoms in total. The van der Waals surface area contributed by atoms with Crippen LogP contribution in [0.15, 0.2) is 259 Å². The molecule has 0 radical (unpaired) electrons. The predicted octanol–water partition coefficient (Wildman–Crippen LogP) is 17.2. The summed E-state index contributed by atoms with van der Waals surface area (Å²) in [6.07, 6.45) is 0. The molecule has 63 heavy (non-hydrogen) atoms. The quantitative estimate of drug-likeness (QED) is 0.137. The fourth-order valence-electron chi connectivity index (χ4n) is 8.66. The van der Waals surface area contributed by atoms with Gasteiger partial charge in [0, 0.05) is 44.9 Å². The van der Waals surface area contributed by atoms with Gasteiger partial charge in [-0.05, 0) is 142 Å². The van der Waals surface area contributed by atoms with Crippen LogP contribution in [0.25, 0.3) is 66.4 Å². The zero-order valence-electron chi connectivity index (χ0n) is 34.6. The Bertz CT molecular complexity index is 3050. The largest absolute Gasteiger partial charge is 0.456 e. The lowest BCUT2D eigenvalue weighted by atomic mass is 9.99. The molecule has 0 bridgehead atoms. The molecular formula is C60H42N2O. The standard InChI is InChI=1S/C60H42N2O/c1-5-13-43(14-6-1)45-21-31-53(32-22-45)61(51-17-9-3-10-18-51)55-35-25-47(26-36-55)49-29-39-59-57(41-49)58-42-50(30-40-60(58)63-59)48-27-37-56(38-28-48)62(52-19-11-4-12-20-52)54-33-23-46(24-34-54)44-15-7-2-8-16-44/h1-42H. The van der Waals surface area contributed by atoms with E-state index in [-0.39, 0.29) is 0 Å². The van der Waals surface area contributed by atoms with Gasteiger partial charge in [-0.25, -0.2) is 0 Å². The van der Waals surface area contributed by atoms with Crippen LogP contribution in [0.4, 0.5) is 34.1 Å². The van der Waals surface area contributed by atoms with Crippen molar-refractivity contribution < 1.29 is 4.42 Å². The molecule has 11 aromatic rings. The highest BCUT2D eigenvalue weighted by Gasteiger charge is 2.16.